The Hall–Kier alpha value is -0.760. The van der Waals surface area contributed by atoms with Crippen molar-refractivity contribution in [3.05, 3.63) is 35.9 Å². The van der Waals surface area contributed by atoms with Crippen molar-refractivity contribution in [2.75, 3.05) is 12.8 Å². The number of ether oxygens (including phenoxy) is 1. The number of nitrogens with one attached hydrogen (secondary N) is 2. The van der Waals surface area contributed by atoms with Gasteiger partial charge in [-0.2, -0.15) is 0 Å². The van der Waals surface area contributed by atoms with Crippen molar-refractivity contribution in [3.8, 4) is 0 Å². The molecule has 6 heteroatoms. The third-order valence-corrected chi connectivity index (χ3v) is 3.64. The molecule has 1 aromatic rings. The van der Waals surface area contributed by atoms with E-state index in [9.17, 15) is 4.79 Å². The zero-order valence-electron chi connectivity index (χ0n) is 10.7. The molecule has 0 radical (unpaired) electrons. The summed E-state index contributed by atoms with van der Waals surface area (Å²) in [6.45, 7) is 1.21. The van der Waals surface area contributed by atoms with Gasteiger partial charge in [0.1, 0.15) is 19.2 Å². The number of alkyl carbamates (subject to hydrolysis) is 1. The van der Waals surface area contributed by atoms with E-state index in [4.69, 9.17) is 4.74 Å². The Labute approximate surface area is 134 Å². The summed E-state index contributed by atoms with van der Waals surface area (Å²) in [5, 5.41) is 3.97. The van der Waals surface area contributed by atoms with Crippen LogP contribution < -0.4 is 34.3 Å². The predicted octanol–water partition coefficient (Wildman–Crippen LogP) is -2.47. The van der Waals surface area contributed by atoms with Gasteiger partial charge in [-0.1, -0.05) is 42.1 Å². The molecular weight excluding hydrogens is 375 g/mol. The zero-order chi connectivity index (χ0) is 12.8. The SMILES string of the molecule is CSC1=[NH+]CCC1NC(=O)OCc1ccccc1.[I-]. The normalized spacial score (nSPS) is 17.3. The average Bonchev–Trinajstić information content (AvgIpc) is 2.85. The molecule has 1 heterocycles. The molecule has 1 atom stereocenters. The van der Waals surface area contributed by atoms with E-state index in [-0.39, 0.29) is 36.1 Å². The van der Waals surface area contributed by atoms with Gasteiger partial charge in [-0.05, 0) is 11.8 Å². The Morgan fingerprint density at radius 2 is 2.21 bits per heavy atom. The minimum atomic E-state index is -0.362. The molecule has 0 aliphatic carbocycles. The number of rotatable bonds is 3. The van der Waals surface area contributed by atoms with Crippen molar-refractivity contribution in [2.45, 2.75) is 19.1 Å². The van der Waals surface area contributed by atoms with Crippen molar-refractivity contribution in [1.29, 1.82) is 0 Å². The number of benzene rings is 1. The van der Waals surface area contributed by atoms with Gasteiger partial charge in [0.05, 0.1) is 0 Å². The Kier molecular flexibility index (Phi) is 7.22. The maximum absolute atomic E-state index is 11.7. The molecule has 0 bridgehead atoms. The van der Waals surface area contributed by atoms with Crippen LogP contribution in [0.3, 0.4) is 0 Å². The molecule has 4 nitrogen and oxygen atoms in total. The van der Waals surface area contributed by atoms with Gasteiger partial charge < -0.3 is 34.0 Å². The van der Waals surface area contributed by atoms with Crippen LogP contribution in [0.15, 0.2) is 30.3 Å². The van der Waals surface area contributed by atoms with E-state index in [0.717, 1.165) is 23.6 Å². The van der Waals surface area contributed by atoms with E-state index >= 15 is 0 Å². The lowest BCUT2D eigenvalue weighted by atomic mass is 10.2. The molecule has 0 saturated carbocycles. The average molecular weight is 392 g/mol. The highest BCUT2D eigenvalue weighted by atomic mass is 127. The second-order valence-corrected chi connectivity index (χ2v) is 4.89. The molecule has 1 amide bonds. The topological polar surface area (TPSA) is 52.3 Å². The van der Waals surface area contributed by atoms with Crippen LogP contribution in [-0.2, 0) is 11.3 Å². The van der Waals surface area contributed by atoms with Crippen LogP contribution in [0.25, 0.3) is 0 Å². The van der Waals surface area contributed by atoms with Crippen LogP contribution in [0, 0.1) is 0 Å². The molecule has 0 fully saturated rings. The largest absolute Gasteiger partial charge is 1.00 e. The first-order chi connectivity index (χ1) is 8.79. The van der Waals surface area contributed by atoms with E-state index in [1.54, 1.807) is 11.8 Å². The third kappa shape index (κ3) is 5.02. The first kappa shape index (κ1) is 16.3. The molecule has 104 valence electrons. The Morgan fingerprint density at radius 3 is 2.89 bits per heavy atom. The van der Waals surface area contributed by atoms with Crippen LogP contribution in [-0.4, -0.2) is 30.0 Å². The summed E-state index contributed by atoms with van der Waals surface area (Å²) >= 11 is 1.63. The number of thioether (sulfide) groups is 1. The number of halogens is 1. The summed E-state index contributed by atoms with van der Waals surface area (Å²) in [6, 6.07) is 9.73. The second-order valence-electron chi connectivity index (χ2n) is 4.04. The Morgan fingerprint density at radius 1 is 1.47 bits per heavy atom. The summed E-state index contributed by atoms with van der Waals surface area (Å²) < 4.78 is 5.18. The highest BCUT2D eigenvalue weighted by Gasteiger charge is 2.28. The summed E-state index contributed by atoms with van der Waals surface area (Å²) in [6.07, 6.45) is 2.55. The van der Waals surface area contributed by atoms with Gasteiger partial charge >= 0.3 is 6.09 Å². The fraction of sp³-hybridized carbons (Fsp3) is 0.385. The van der Waals surface area contributed by atoms with E-state index in [2.05, 4.69) is 10.3 Å². The summed E-state index contributed by atoms with van der Waals surface area (Å²) in [4.78, 5) is 14.9. The highest BCUT2D eigenvalue weighted by molar-refractivity contribution is 8.13. The molecule has 0 spiro atoms. The molecule has 2 N–H and O–H groups in total. The summed E-state index contributed by atoms with van der Waals surface area (Å²) in [5.74, 6) is 0. The standard InChI is InChI=1S/C13H16N2O2S.HI/c1-18-12-11(7-8-14-12)15-13(16)17-9-10-5-3-2-4-6-10;/h2-6,11H,7-9H2,1H3,(H,15,16);1H. The van der Waals surface area contributed by atoms with E-state index < -0.39 is 0 Å². The fourth-order valence-corrected chi connectivity index (χ4v) is 2.56. The lowest BCUT2D eigenvalue weighted by Crippen LogP contribution is -3.00. The Balaban J connectivity index is 0.00000180. The molecular formula is C13H17IN2O2S. The number of hydrogen-bond donors (Lipinski definition) is 2. The van der Waals surface area contributed by atoms with Crippen molar-refractivity contribution in [3.63, 3.8) is 0 Å². The number of hydrogen-bond acceptors (Lipinski definition) is 3. The van der Waals surface area contributed by atoms with Crippen molar-refractivity contribution in [2.24, 2.45) is 0 Å². The summed E-state index contributed by atoms with van der Waals surface area (Å²) in [5.41, 5.74) is 0.992. The van der Waals surface area contributed by atoms with E-state index in [0.29, 0.717) is 6.61 Å². The molecule has 0 saturated heterocycles. The van der Waals surface area contributed by atoms with Crippen molar-refractivity contribution >= 4 is 22.9 Å². The van der Waals surface area contributed by atoms with Crippen LogP contribution in [0.5, 0.6) is 0 Å². The van der Waals surface area contributed by atoms with Gasteiger partial charge in [-0.25, -0.2) is 9.79 Å². The molecule has 1 unspecified atom stereocenters. The maximum atomic E-state index is 11.7. The smallest absolute Gasteiger partial charge is 0.408 e. The van der Waals surface area contributed by atoms with Crippen LogP contribution in [0.4, 0.5) is 4.79 Å². The first-order valence-electron chi connectivity index (χ1n) is 5.91. The van der Waals surface area contributed by atoms with Gasteiger partial charge in [-0.15, -0.1) is 0 Å². The zero-order valence-corrected chi connectivity index (χ0v) is 13.7. The monoisotopic (exact) mass is 392 g/mol. The molecule has 19 heavy (non-hydrogen) atoms. The van der Waals surface area contributed by atoms with Crippen LogP contribution in [0.1, 0.15) is 12.0 Å². The molecule has 0 aromatic heterocycles. The van der Waals surface area contributed by atoms with Crippen molar-refractivity contribution in [1.82, 2.24) is 5.32 Å². The van der Waals surface area contributed by atoms with Gasteiger partial charge in [0.15, 0.2) is 0 Å². The second kappa shape index (κ2) is 8.42. The van der Waals surface area contributed by atoms with E-state index in [1.165, 1.54) is 0 Å². The quantitative estimate of drug-likeness (QED) is 0.561. The maximum Gasteiger partial charge on any atom is 0.408 e. The number of carbonyl (C=O) groups excluding carboxylic acids is 1. The number of carbonyl (C=O) groups is 1. The third-order valence-electron chi connectivity index (χ3n) is 2.77. The molecule has 1 aliphatic heterocycles. The van der Waals surface area contributed by atoms with Crippen LogP contribution in [0.2, 0.25) is 0 Å². The fourth-order valence-electron chi connectivity index (χ4n) is 1.85. The predicted molar refractivity (Wildman–Crippen MR) is 72.5 cm³/mol. The van der Waals surface area contributed by atoms with Gasteiger partial charge in [0.2, 0.25) is 5.04 Å². The van der Waals surface area contributed by atoms with E-state index in [1.807, 2.05) is 36.6 Å². The van der Waals surface area contributed by atoms with Crippen molar-refractivity contribution < 1.29 is 38.5 Å². The lowest BCUT2D eigenvalue weighted by molar-refractivity contribution is -0.444. The molecule has 2 rings (SSSR count). The summed E-state index contributed by atoms with van der Waals surface area (Å²) in [7, 11) is 0. The Bertz CT molecular complexity index is 440. The molecule has 1 aliphatic rings. The first-order valence-corrected chi connectivity index (χ1v) is 7.14. The molecule has 1 aromatic carbocycles. The van der Waals surface area contributed by atoms with Gasteiger partial charge in [0, 0.05) is 6.42 Å². The van der Waals surface area contributed by atoms with Crippen LogP contribution >= 0.6 is 11.8 Å². The number of amides is 1. The van der Waals surface area contributed by atoms with Gasteiger partial charge in [0.25, 0.3) is 0 Å². The lowest BCUT2D eigenvalue weighted by Gasteiger charge is -2.10. The van der Waals surface area contributed by atoms with Gasteiger partial charge in [-0.3, -0.25) is 0 Å². The minimum absolute atomic E-state index is 0. The minimum Gasteiger partial charge on any atom is -1.00 e. The highest BCUT2D eigenvalue weighted by Crippen LogP contribution is 2.06.